The summed E-state index contributed by atoms with van der Waals surface area (Å²) >= 11 is 1.59. The molecule has 1 aromatic carbocycles. The number of aromatic nitrogens is 3. The summed E-state index contributed by atoms with van der Waals surface area (Å²) in [5, 5.41) is 9.62. The molecule has 1 amide bonds. The molecule has 1 N–H and O–H groups in total. The second-order valence-corrected chi connectivity index (χ2v) is 8.61. The summed E-state index contributed by atoms with van der Waals surface area (Å²) in [6, 6.07) is 11.4. The van der Waals surface area contributed by atoms with Crippen molar-refractivity contribution in [3.05, 3.63) is 69.1 Å². The Hall–Kier alpha value is -2.93. The quantitative estimate of drug-likeness (QED) is 0.563. The van der Waals surface area contributed by atoms with Gasteiger partial charge in [0.15, 0.2) is 0 Å². The molecule has 5 rings (SSSR count). The lowest BCUT2D eigenvalue weighted by molar-refractivity contribution is -0.125. The zero-order chi connectivity index (χ0) is 20.1. The highest BCUT2D eigenvalue weighted by Gasteiger charge is 2.26. The summed E-state index contributed by atoms with van der Waals surface area (Å²) in [7, 11) is 0. The number of nitrogens with one attached hydrogen (secondary N) is 1. The first-order valence-electron chi connectivity index (χ1n) is 9.91. The van der Waals surface area contributed by atoms with Crippen LogP contribution >= 0.6 is 11.3 Å². The molecule has 0 unspecified atom stereocenters. The van der Waals surface area contributed by atoms with Crippen molar-refractivity contribution in [2.45, 2.75) is 45.2 Å². The lowest BCUT2D eigenvalue weighted by atomic mass is 9.87. The van der Waals surface area contributed by atoms with Gasteiger partial charge in [0.1, 0.15) is 17.4 Å². The van der Waals surface area contributed by atoms with E-state index in [-0.39, 0.29) is 17.5 Å². The monoisotopic (exact) mass is 406 g/mol. The molecule has 6 nitrogen and oxygen atoms in total. The second-order valence-electron chi connectivity index (χ2n) is 7.66. The molecule has 4 aromatic rings. The zero-order valence-corrected chi connectivity index (χ0v) is 17.2. The van der Waals surface area contributed by atoms with Crippen LogP contribution in [0.2, 0.25) is 0 Å². The van der Waals surface area contributed by atoms with Crippen molar-refractivity contribution in [1.29, 1.82) is 0 Å². The SMILES string of the molecule is Cc1nn([C@H](C)C(=O)N[C@H]2CCCc3ccccc32)c(=O)c2cc3sccc3n12. The number of thiophene rings is 1. The van der Waals surface area contributed by atoms with Crippen LogP contribution < -0.4 is 10.9 Å². The number of carbonyl (C=O) groups is 1. The Bertz CT molecular complexity index is 1300. The Labute approximate surface area is 171 Å². The first kappa shape index (κ1) is 18.1. The minimum Gasteiger partial charge on any atom is -0.347 e. The predicted molar refractivity (Wildman–Crippen MR) is 115 cm³/mol. The highest BCUT2D eigenvalue weighted by Crippen LogP contribution is 2.30. The smallest absolute Gasteiger partial charge is 0.291 e. The van der Waals surface area contributed by atoms with E-state index in [2.05, 4.69) is 22.5 Å². The molecule has 3 aromatic heterocycles. The molecule has 0 fully saturated rings. The van der Waals surface area contributed by atoms with Crippen LogP contribution in [-0.2, 0) is 11.2 Å². The van der Waals surface area contributed by atoms with Crippen LogP contribution in [0.25, 0.3) is 15.7 Å². The summed E-state index contributed by atoms with van der Waals surface area (Å²) in [6.45, 7) is 3.60. The molecule has 0 aliphatic heterocycles. The van der Waals surface area contributed by atoms with E-state index >= 15 is 0 Å². The van der Waals surface area contributed by atoms with E-state index in [9.17, 15) is 9.59 Å². The van der Waals surface area contributed by atoms with Crippen LogP contribution in [0.15, 0.2) is 46.6 Å². The largest absolute Gasteiger partial charge is 0.347 e. The molecule has 0 saturated heterocycles. The molecule has 0 radical (unpaired) electrons. The predicted octanol–water partition coefficient (Wildman–Crippen LogP) is 3.77. The van der Waals surface area contributed by atoms with Gasteiger partial charge in [0.05, 0.1) is 16.3 Å². The number of nitrogens with zero attached hydrogens (tertiary/aromatic N) is 3. The van der Waals surface area contributed by atoms with Gasteiger partial charge in [-0.3, -0.25) is 14.0 Å². The van der Waals surface area contributed by atoms with Crippen LogP contribution in [0.1, 0.15) is 48.8 Å². The van der Waals surface area contributed by atoms with Crippen LogP contribution in [0, 0.1) is 6.92 Å². The summed E-state index contributed by atoms with van der Waals surface area (Å²) in [6.07, 6.45) is 2.99. The number of fused-ring (bicyclic) bond motifs is 4. The highest BCUT2D eigenvalue weighted by molar-refractivity contribution is 7.17. The first-order chi connectivity index (χ1) is 14.0. The third-order valence-corrected chi connectivity index (χ3v) is 6.71. The van der Waals surface area contributed by atoms with Crippen LogP contribution in [0.5, 0.6) is 0 Å². The summed E-state index contributed by atoms with van der Waals surface area (Å²) in [5.74, 6) is 0.508. The fourth-order valence-electron chi connectivity index (χ4n) is 4.36. The first-order valence-corrected chi connectivity index (χ1v) is 10.8. The Morgan fingerprint density at radius 3 is 2.97 bits per heavy atom. The molecule has 7 heteroatoms. The molecule has 148 valence electrons. The number of carbonyl (C=O) groups excluding carboxylic acids is 1. The van der Waals surface area contributed by atoms with Crippen molar-refractivity contribution < 1.29 is 4.79 Å². The number of hydrogen-bond donors (Lipinski definition) is 1. The van der Waals surface area contributed by atoms with E-state index < -0.39 is 6.04 Å². The normalized spacial score (nSPS) is 17.4. The second kappa shape index (κ2) is 6.84. The summed E-state index contributed by atoms with van der Waals surface area (Å²) in [5.41, 5.74) is 3.76. The van der Waals surface area contributed by atoms with Gasteiger partial charge in [0, 0.05) is 0 Å². The van der Waals surface area contributed by atoms with Crippen molar-refractivity contribution >= 4 is 33.0 Å². The van der Waals surface area contributed by atoms with Gasteiger partial charge in [-0.1, -0.05) is 24.3 Å². The van der Waals surface area contributed by atoms with Gasteiger partial charge < -0.3 is 5.32 Å². The summed E-state index contributed by atoms with van der Waals surface area (Å²) in [4.78, 5) is 26.1. The maximum absolute atomic E-state index is 13.1. The molecule has 2 atom stereocenters. The van der Waals surface area contributed by atoms with Gasteiger partial charge in [-0.25, -0.2) is 4.68 Å². The highest BCUT2D eigenvalue weighted by atomic mass is 32.1. The molecule has 29 heavy (non-hydrogen) atoms. The number of rotatable bonds is 3. The zero-order valence-electron chi connectivity index (χ0n) is 16.4. The van der Waals surface area contributed by atoms with E-state index in [0.29, 0.717) is 11.3 Å². The molecule has 0 spiro atoms. The third kappa shape index (κ3) is 2.88. The molecule has 1 aliphatic rings. The van der Waals surface area contributed by atoms with Crippen molar-refractivity contribution in [3.8, 4) is 0 Å². The van der Waals surface area contributed by atoms with Crippen LogP contribution in [0.3, 0.4) is 0 Å². The maximum Gasteiger partial charge on any atom is 0.291 e. The topological polar surface area (TPSA) is 68.4 Å². The molecule has 3 heterocycles. The molecule has 0 saturated carbocycles. The lowest BCUT2D eigenvalue weighted by Gasteiger charge is -2.27. The van der Waals surface area contributed by atoms with E-state index in [4.69, 9.17) is 0 Å². The van der Waals surface area contributed by atoms with Crippen LogP contribution in [-0.4, -0.2) is 20.1 Å². The van der Waals surface area contributed by atoms with Gasteiger partial charge >= 0.3 is 0 Å². The lowest BCUT2D eigenvalue weighted by Crippen LogP contribution is -2.40. The fourth-order valence-corrected chi connectivity index (χ4v) is 5.17. The average Bonchev–Trinajstić information content (AvgIpc) is 3.32. The van der Waals surface area contributed by atoms with Gasteiger partial charge in [0.2, 0.25) is 5.91 Å². The number of amides is 1. The Balaban J connectivity index is 1.48. The van der Waals surface area contributed by atoms with E-state index in [1.54, 1.807) is 18.3 Å². The molecular formula is C22H22N4O2S. The van der Waals surface area contributed by atoms with Gasteiger partial charge in [-0.05, 0) is 61.7 Å². The molecule has 0 bridgehead atoms. The fraction of sp³-hybridized carbons (Fsp3) is 0.318. The van der Waals surface area contributed by atoms with Crippen LogP contribution in [0.4, 0.5) is 0 Å². The number of benzene rings is 1. The van der Waals surface area contributed by atoms with E-state index in [0.717, 1.165) is 29.5 Å². The Morgan fingerprint density at radius 1 is 1.28 bits per heavy atom. The van der Waals surface area contributed by atoms with E-state index in [1.165, 1.54) is 15.8 Å². The minimum absolute atomic E-state index is 0.0194. The van der Waals surface area contributed by atoms with Gasteiger partial charge in [-0.15, -0.1) is 11.3 Å². The molecular weight excluding hydrogens is 384 g/mol. The standard InChI is InChI=1S/C22H22N4O2S/c1-13(21(27)23-17-9-5-7-15-6-3-4-8-16(15)17)26-22(28)19-12-20-18(10-11-29-20)25(19)14(2)24-26/h3-4,6,8,10-13,17H,5,7,9H2,1-2H3,(H,23,27)/t13-,17+/m1/s1. The van der Waals surface area contributed by atoms with Crippen molar-refractivity contribution in [2.75, 3.05) is 0 Å². The number of hydrogen-bond acceptors (Lipinski definition) is 4. The van der Waals surface area contributed by atoms with Crippen molar-refractivity contribution in [1.82, 2.24) is 19.5 Å². The van der Waals surface area contributed by atoms with Gasteiger partial charge in [0.25, 0.3) is 5.56 Å². The maximum atomic E-state index is 13.1. The molecule has 1 aliphatic carbocycles. The van der Waals surface area contributed by atoms with Gasteiger partial charge in [-0.2, -0.15) is 5.10 Å². The Kier molecular flexibility index (Phi) is 4.28. The van der Waals surface area contributed by atoms with E-state index in [1.807, 2.05) is 41.0 Å². The van der Waals surface area contributed by atoms with Crippen molar-refractivity contribution in [2.24, 2.45) is 0 Å². The third-order valence-electron chi connectivity index (χ3n) is 5.86. The average molecular weight is 407 g/mol. The Morgan fingerprint density at radius 2 is 2.10 bits per heavy atom. The van der Waals surface area contributed by atoms with Crippen molar-refractivity contribution in [3.63, 3.8) is 0 Å². The minimum atomic E-state index is -0.687. The summed E-state index contributed by atoms with van der Waals surface area (Å²) < 4.78 is 4.23. The number of aryl methyl sites for hydroxylation is 2.